The third-order valence-electron chi connectivity index (χ3n) is 10.1. The van der Waals surface area contributed by atoms with Crippen LogP contribution in [0.5, 0.6) is 0 Å². The van der Waals surface area contributed by atoms with Gasteiger partial charge < -0.3 is 0 Å². The summed E-state index contributed by atoms with van der Waals surface area (Å²) in [5, 5.41) is 8.27. The van der Waals surface area contributed by atoms with Gasteiger partial charge in [0.2, 0.25) is 0 Å². The maximum Gasteiger partial charge on any atom is 0.0920 e. The summed E-state index contributed by atoms with van der Waals surface area (Å²) in [6.45, 7) is 17.5. The molecule has 9 rings (SSSR count). The van der Waals surface area contributed by atoms with E-state index in [1.54, 1.807) is 0 Å². The van der Waals surface area contributed by atoms with Crippen LogP contribution in [0.25, 0.3) is 54.9 Å². The predicted molar refractivity (Wildman–Crippen MR) is 235 cm³/mol. The summed E-state index contributed by atoms with van der Waals surface area (Å²) >= 11 is -0.826. The summed E-state index contributed by atoms with van der Waals surface area (Å²) in [6, 6.07) is 49.7. The van der Waals surface area contributed by atoms with Crippen LogP contribution in [0, 0.1) is 61.5 Å². The minimum Gasteiger partial charge on any atom is -0.184 e. The average Bonchev–Trinajstić information content (AvgIpc) is 3.83. The Balaban J connectivity index is 0.000000135. The number of fused-ring (bicyclic) bond motifs is 5. The fraction of sp³-hybridized carbons (Fsp3) is 0.160. The Hall–Kier alpha value is -3.78. The van der Waals surface area contributed by atoms with Crippen molar-refractivity contribution < 1.29 is 20.8 Å². The zero-order valence-corrected chi connectivity index (χ0v) is 37.4. The maximum absolute atomic E-state index is 4.93. The van der Waals surface area contributed by atoms with Crippen LogP contribution in [0.4, 0.5) is 0 Å². The van der Waals surface area contributed by atoms with E-state index in [1.807, 2.05) is 6.07 Å². The van der Waals surface area contributed by atoms with E-state index in [1.165, 1.54) is 110 Å². The number of halogens is 2. The molecular formula is C50H45Cl2SiZr-3. The Morgan fingerprint density at radius 1 is 0.500 bits per heavy atom. The SMILES string of the molecule is Cc1ccc(-c2c(C)ccc3[cH-]c(C)cc23)c(C)c1.Cc1ccc(-c2c(C)ccc3[cH-]c(C)cc23)c(C)c1.[Cl][Zr][Cl].[c-]1cccc2c1[Si]c1ccccc1-2. The second kappa shape index (κ2) is 17.8. The normalized spacial score (nSPS) is 11.1. The molecule has 4 heteroatoms. The van der Waals surface area contributed by atoms with E-state index < -0.39 is 20.8 Å². The second-order valence-electron chi connectivity index (χ2n) is 14.4. The van der Waals surface area contributed by atoms with Gasteiger partial charge in [-0.15, -0.1) is 74.6 Å². The first-order valence-corrected chi connectivity index (χ1v) is 25.6. The molecule has 2 radical (unpaired) electrons. The summed E-state index contributed by atoms with van der Waals surface area (Å²) < 4.78 is 0. The molecule has 270 valence electrons. The summed E-state index contributed by atoms with van der Waals surface area (Å²) in [5.74, 6) is 0. The molecule has 0 saturated carbocycles. The minimum atomic E-state index is -0.826. The van der Waals surface area contributed by atoms with Crippen LogP contribution in [-0.2, 0) is 20.8 Å². The van der Waals surface area contributed by atoms with E-state index in [0.717, 1.165) is 9.52 Å². The molecule has 0 N–H and O–H groups in total. The van der Waals surface area contributed by atoms with Gasteiger partial charge in [-0.2, -0.15) is 41.6 Å². The van der Waals surface area contributed by atoms with Crippen LogP contribution < -0.4 is 10.4 Å². The third kappa shape index (κ3) is 8.85. The molecule has 0 fully saturated rings. The van der Waals surface area contributed by atoms with Gasteiger partial charge in [-0.1, -0.05) is 119 Å². The van der Waals surface area contributed by atoms with Gasteiger partial charge in [-0.05, 0) is 63.8 Å². The van der Waals surface area contributed by atoms with Gasteiger partial charge in [0.05, 0.1) is 9.52 Å². The smallest absolute Gasteiger partial charge is 0.0920 e. The van der Waals surface area contributed by atoms with Crippen molar-refractivity contribution in [3.05, 3.63) is 178 Å². The molecule has 1 aliphatic rings. The number of aryl methyl sites for hydroxylation is 8. The van der Waals surface area contributed by atoms with Crippen molar-refractivity contribution in [1.82, 2.24) is 0 Å². The van der Waals surface area contributed by atoms with Crippen LogP contribution in [0.1, 0.15) is 44.5 Å². The van der Waals surface area contributed by atoms with E-state index in [9.17, 15) is 0 Å². The molecule has 0 spiro atoms. The molecule has 8 aromatic carbocycles. The molecule has 1 aliphatic heterocycles. The topological polar surface area (TPSA) is 0 Å². The first-order chi connectivity index (χ1) is 26.0. The van der Waals surface area contributed by atoms with Gasteiger partial charge in [0.15, 0.2) is 0 Å². The van der Waals surface area contributed by atoms with Gasteiger partial charge in [-0.3, -0.25) is 0 Å². The predicted octanol–water partition coefficient (Wildman–Crippen LogP) is 13.4. The van der Waals surface area contributed by atoms with Gasteiger partial charge in [0.25, 0.3) is 0 Å². The first kappa shape index (κ1) is 39.9. The molecule has 0 aromatic heterocycles. The number of benzene rings is 6. The van der Waals surface area contributed by atoms with Crippen molar-refractivity contribution >= 4 is 58.5 Å². The Bertz CT molecular complexity index is 2390. The van der Waals surface area contributed by atoms with Gasteiger partial charge >= 0.3 is 37.9 Å². The van der Waals surface area contributed by atoms with Crippen molar-refractivity contribution in [2.75, 3.05) is 0 Å². The molecule has 0 saturated heterocycles. The molecule has 0 atom stereocenters. The average molecular weight is 836 g/mol. The van der Waals surface area contributed by atoms with E-state index >= 15 is 0 Å². The van der Waals surface area contributed by atoms with Crippen molar-refractivity contribution in [2.45, 2.75) is 55.4 Å². The Kier molecular flexibility index (Phi) is 13.1. The third-order valence-corrected chi connectivity index (χ3v) is 11.5. The van der Waals surface area contributed by atoms with Gasteiger partial charge in [0, 0.05) is 0 Å². The van der Waals surface area contributed by atoms with Crippen molar-refractivity contribution in [2.24, 2.45) is 0 Å². The quantitative estimate of drug-likeness (QED) is 0.120. The zero-order valence-electron chi connectivity index (χ0n) is 32.4. The standard InChI is InChI=1S/2C19H19.C12H7Si.2ClH.Zr/c2*1-12-5-8-17(15(4)9-12)19-14(3)6-7-16-10-13(2)11-18(16)19;1-3-7-11-9(5-1)10-6-2-4-8-12(10)13-11;;;/h2*5-11H,1-4H3;1-7H;2*1H;/q3*-1;;;+2/p-2. The van der Waals surface area contributed by atoms with Crippen LogP contribution in [0.15, 0.2) is 127 Å². The molecule has 0 bridgehead atoms. The van der Waals surface area contributed by atoms with E-state index in [-0.39, 0.29) is 0 Å². The summed E-state index contributed by atoms with van der Waals surface area (Å²) in [4.78, 5) is 0. The van der Waals surface area contributed by atoms with E-state index in [4.69, 9.17) is 17.0 Å². The molecule has 0 nitrogen and oxygen atoms in total. The number of hydrogen-bond acceptors (Lipinski definition) is 0. The van der Waals surface area contributed by atoms with E-state index in [2.05, 4.69) is 183 Å². The zero-order chi connectivity index (χ0) is 38.5. The number of rotatable bonds is 2. The van der Waals surface area contributed by atoms with Crippen LogP contribution in [0.3, 0.4) is 0 Å². The van der Waals surface area contributed by atoms with Crippen molar-refractivity contribution in [3.8, 4) is 33.4 Å². The fourth-order valence-electron chi connectivity index (χ4n) is 7.71. The van der Waals surface area contributed by atoms with Crippen LogP contribution >= 0.6 is 17.0 Å². The molecule has 0 aliphatic carbocycles. The molecule has 8 aromatic rings. The van der Waals surface area contributed by atoms with E-state index in [0.29, 0.717) is 0 Å². The van der Waals surface area contributed by atoms with Crippen LogP contribution in [0.2, 0.25) is 0 Å². The molecule has 54 heavy (non-hydrogen) atoms. The van der Waals surface area contributed by atoms with Gasteiger partial charge in [0.1, 0.15) is 0 Å². The fourth-order valence-corrected chi connectivity index (χ4v) is 9.02. The monoisotopic (exact) mass is 833 g/mol. The molecular weight excluding hydrogens is 791 g/mol. The Morgan fingerprint density at radius 2 is 0.981 bits per heavy atom. The summed E-state index contributed by atoms with van der Waals surface area (Å²) in [7, 11) is 10.7. The largest absolute Gasteiger partial charge is 0.184 e. The maximum atomic E-state index is 4.93. The molecule has 0 unspecified atom stereocenters. The van der Waals surface area contributed by atoms with Crippen molar-refractivity contribution in [3.63, 3.8) is 0 Å². The molecule has 0 amide bonds. The van der Waals surface area contributed by atoms with Crippen molar-refractivity contribution in [1.29, 1.82) is 0 Å². The van der Waals surface area contributed by atoms with Gasteiger partial charge in [-0.25, -0.2) is 0 Å². The molecule has 1 heterocycles. The summed E-state index contributed by atoms with van der Waals surface area (Å²) in [6.07, 6.45) is 0. The van der Waals surface area contributed by atoms with Crippen LogP contribution in [-0.4, -0.2) is 9.52 Å². The Labute approximate surface area is 343 Å². The Morgan fingerprint density at radius 3 is 1.48 bits per heavy atom. The first-order valence-electron chi connectivity index (χ1n) is 18.3. The summed E-state index contributed by atoms with van der Waals surface area (Å²) in [5.41, 5.74) is 19.0. The number of hydrogen-bond donors (Lipinski definition) is 0. The minimum absolute atomic E-state index is 0.795. The second-order valence-corrected chi connectivity index (χ2v) is 19.4.